The van der Waals surface area contributed by atoms with Gasteiger partial charge in [-0.2, -0.15) is 5.10 Å². The molecule has 20 heavy (non-hydrogen) atoms. The van der Waals surface area contributed by atoms with E-state index in [2.05, 4.69) is 51.9 Å². The number of hydrogen-bond acceptors (Lipinski definition) is 2. The van der Waals surface area contributed by atoms with Gasteiger partial charge in [0.25, 0.3) is 0 Å². The van der Waals surface area contributed by atoms with Crippen LogP contribution in [0, 0.1) is 6.92 Å². The van der Waals surface area contributed by atoms with E-state index in [9.17, 15) is 5.11 Å². The fourth-order valence-corrected chi connectivity index (χ4v) is 2.39. The van der Waals surface area contributed by atoms with Gasteiger partial charge in [-0.15, -0.1) is 0 Å². The van der Waals surface area contributed by atoms with Crippen LogP contribution in [0.1, 0.15) is 51.8 Å². The number of aromatic hydroxyl groups is 1. The average molecular weight is 272 g/mol. The fourth-order valence-electron chi connectivity index (χ4n) is 2.39. The second-order valence-corrected chi connectivity index (χ2v) is 6.65. The minimum absolute atomic E-state index is 0.143. The van der Waals surface area contributed by atoms with E-state index in [1.807, 2.05) is 23.7 Å². The van der Waals surface area contributed by atoms with E-state index < -0.39 is 0 Å². The summed E-state index contributed by atoms with van der Waals surface area (Å²) in [7, 11) is 0. The largest absolute Gasteiger partial charge is 0.504 e. The van der Waals surface area contributed by atoms with E-state index in [-0.39, 0.29) is 11.3 Å². The van der Waals surface area contributed by atoms with Gasteiger partial charge in [0.1, 0.15) is 5.69 Å². The highest BCUT2D eigenvalue weighted by molar-refractivity contribution is 5.67. The summed E-state index contributed by atoms with van der Waals surface area (Å²) in [4.78, 5) is 0. The molecule has 1 heterocycles. The molecule has 0 aliphatic carbocycles. The van der Waals surface area contributed by atoms with Crippen molar-refractivity contribution in [3.63, 3.8) is 0 Å². The van der Waals surface area contributed by atoms with Gasteiger partial charge in [0.15, 0.2) is 5.75 Å². The molecule has 2 aromatic rings. The number of hydrogen-bond donors (Lipinski definition) is 1. The van der Waals surface area contributed by atoms with Gasteiger partial charge in [-0.3, -0.25) is 4.68 Å². The van der Waals surface area contributed by atoms with Crippen molar-refractivity contribution >= 4 is 0 Å². The number of benzene rings is 1. The third-order valence-corrected chi connectivity index (χ3v) is 3.55. The predicted octanol–water partition coefficient (Wildman–Crippen LogP) is 4.44. The van der Waals surface area contributed by atoms with Gasteiger partial charge < -0.3 is 5.11 Å². The summed E-state index contributed by atoms with van der Waals surface area (Å²) in [6, 6.07) is 8.24. The SMILES string of the molecule is Cc1c(O)c(-c2cccc(C(C)C)c2)nn1C(C)(C)C. The lowest BCUT2D eigenvalue weighted by molar-refractivity contribution is 0.345. The minimum Gasteiger partial charge on any atom is -0.504 e. The molecule has 2 rings (SSSR count). The van der Waals surface area contributed by atoms with E-state index in [4.69, 9.17) is 0 Å². The molecule has 0 saturated carbocycles. The summed E-state index contributed by atoms with van der Waals surface area (Å²) in [5, 5.41) is 15.0. The van der Waals surface area contributed by atoms with E-state index in [1.54, 1.807) is 0 Å². The average Bonchev–Trinajstić information content (AvgIpc) is 2.66. The van der Waals surface area contributed by atoms with Crippen LogP contribution in [0.2, 0.25) is 0 Å². The monoisotopic (exact) mass is 272 g/mol. The zero-order valence-electron chi connectivity index (χ0n) is 13.2. The zero-order chi connectivity index (χ0) is 15.1. The Morgan fingerprint density at radius 3 is 2.35 bits per heavy atom. The van der Waals surface area contributed by atoms with Gasteiger partial charge in [0, 0.05) is 5.56 Å². The highest BCUT2D eigenvalue weighted by atomic mass is 16.3. The van der Waals surface area contributed by atoms with Crippen LogP contribution in [0.4, 0.5) is 0 Å². The Labute approximate surface area is 121 Å². The number of nitrogens with zero attached hydrogens (tertiary/aromatic N) is 2. The molecule has 0 amide bonds. The third kappa shape index (κ3) is 2.58. The molecule has 1 aromatic heterocycles. The molecule has 0 unspecified atom stereocenters. The molecular formula is C17H24N2O. The third-order valence-electron chi connectivity index (χ3n) is 3.55. The van der Waals surface area contributed by atoms with Gasteiger partial charge in [0.2, 0.25) is 0 Å². The van der Waals surface area contributed by atoms with Crippen LogP contribution >= 0.6 is 0 Å². The molecule has 0 aliphatic heterocycles. The first-order valence-corrected chi connectivity index (χ1v) is 7.11. The van der Waals surface area contributed by atoms with Crippen molar-refractivity contribution in [3.8, 4) is 17.0 Å². The van der Waals surface area contributed by atoms with Crippen LogP contribution in [0.3, 0.4) is 0 Å². The molecule has 0 radical (unpaired) electrons. The highest BCUT2D eigenvalue weighted by Gasteiger charge is 2.23. The maximum Gasteiger partial charge on any atom is 0.164 e. The summed E-state index contributed by atoms with van der Waals surface area (Å²) in [6.45, 7) is 12.5. The standard InChI is InChI=1S/C17H24N2O/c1-11(2)13-8-7-9-14(10-13)15-16(20)12(3)19(18-15)17(4,5)6/h7-11,20H,1-6H3. The first-order chi connectivity index (χ1) is 9.21. The van der Waals surface area contributed by atoms with Gasteiger partial charge in [-0.1, -0.05) is 32.0 Å². The van der Waals surface area contributed by atoms with Gasteiger partial charge in [-0.25, -0.2) is 0 Å². The lowest BCUT2D eigenvalue weighted by Crippen LogP contribution is -2.24. The molecule has 0 saturated heterocycles. The molecule has 108 valence electrons. The lowest BCUT2D eigenvalue weighted by atomic mass is 9.99. The van der Waals surface area contributed by atoms with E-state index >= 15 is 0 Å². The van der Waals surface area contributed by atoms with Crippen LogP contribution in [-0.2, 0) is 5.54 Å². The number of aromatic nitrogens is 2. The fraction of sp³-hybridized carbons (Fsp3) is 0.471. The number of rotatable bonds is 2. The molecule has 3 heteroatoms. The summed E-state index contributed by atoms with van der Waals surface area (Å²) < 4.78 is 1.89. The zero-order valence-corrected chi connectivity index (χ0v) is 13.2. The van der Waals surface area contributed by atoms with Crippen LogP contribution < -0.4 is 0 Å². The molecule has 0 fully saturated rings. The first-order valence-electron chi connectivity index (χ1n) is 7.11. The maximum absolute atomic E-state index is 10.4. The van der Waals surface area contributed by atoms with Gasteiger partial charge >= 0.3 is 0 Å². The molecule has 0 bridgehead atoms. The Morgan fingerprint density at radius 1 is 1.20 bits per heavy atom. The smallest absolute Gasteiger partial charge is 0.164 e. The summed E-state index contributed by atoms with van der Waals surface area (Å²) >= 11 is 0. The van der Waals surface area contributed by atoms with Crippen molar-refractivity contribution in [2.24, 2.45) is 0 Å². The minimum atomic E-state index is -0.143. The lowest BCUT2D eigenvalue weighted by Gasteiger charge is -2.20. The Bertz CT molecular complexity index is 618. The van der Waals surface area contributed by atoms with Crippen molar-refractivity contribution in [3.05, 3.63) is 35.5 Å². The second-order valence-electron chi connectivity index (χ2n) is 6.65. The first kappa shape index (κ1) is 14.6. The predicted molar refractivity (Wildman–Crippen MR) is 83.1 cm³/mol. The van der Waals surface area contributed by atoms with Crippen molar-refractivity contribution in [2.45, 2.75) is 53.0 Å². The maximum atomic E-state index is 10.4. The molecule has 3 nitrogen and oxygen atoms in total. The molecule has 1 N–H and O–H groups in total. The molecule has 0 spiro atoms. The second kappa shape index (κ2) is 4.97. The van der Waals surface area contributed by atoms with Crippen molar-refractivity contribution in [2.75, 3.05) is 0 Å². The van der Waals surface area contributed by atoms with Crippen LogP contribution in [0.5, 0.6) is 5.75 Å². The highest BCUT2D eigenvalue weighted by Crippen LogP contribution is 2.34. The Morgan fingerprint density at radius 2 is 1.85 bits per heavy atom. The topological polar surface area (TPSA) is 38.1 Å². The Hall–Kier alpha value is -1.77. The van der Waals surface area contributed by atoms with E-state index in [0.29, 0.717) is 11.6 Å². The van der Waals surface area contributed by atoms with E-state index in [1.165, 1.54) is 5.56 Å². The van der Waals surface area contributed by atoms with Crippen LogP contribution in [0.15, 0.2) is 24.3 Å². The van der Waals surface area contributed by atoms with Crippen LogP contribution in [0.25, 0.3) is 11.3 Å². The van der Waals surface area contributed by atoms with Gasteiger partial charge in [0.05, 0.1) is 11.2 Å². The summed E-state index contributed by atoms with van der Waals surface area (Å²) in [5.41, 5.74) is 3.56. The van der Waals surface area contributed by atoms with E-state index in [0.717, 1.165) is 11.3 Å². The normalized spacial score (nSPS) is 12.2. The van der Waals surface area contributed by atoms with Crippen molar-refractivity contribution < 1.29 is 5.11 Å². The van der Waals surface area contributed by atoms with Crippen LogP contribution in [-0.4, -0.2) is 14.9 Å². The Kier molecular flexibility index (Phi) is 3.63. The molecular weight excluding hydrogens is 248 g/mol. The Balaban J connectivity index is 2.57. The molecule has 1 aromatic carbocycles. The summed E-state index contributed by atoms with van der Waals surface area (Å²) in [5.74, 6) is 0.740. The van der Waals surface area contributed by atoms with Crippen molar-refractivity contribution in [1.29, 1.82) is 0 Å². The van der Waals surface area contributed by atoms with Gasteiger partial charge in [-0.05, 0) is 45.2 Å². The van der Waals surface area contributed by atoms with Crippen molar-refractivity contribution in [1.82, 2.24) is 9.78 Å². The quantitative estimate of drug-likeness (QED) is 0.877. The summed E-state index contributed by atoms with van der Waals surface area (Å²) in [6.07, 6.45) is 0. The molecule has 0 atom stereocenters. The molecule has 0 aliphatic rings.